The van der Waals surface area contributed by atoms with Gasteiger partial charge in [0.1, 0.15) is 12.4 Å². The van der Waals surface area contributed by atoms with E-state index >= 15 is 0 Å². The largest absolute Gasteiger partial charge is 0.490 e. The maximum atomic E-state index is 5.84. The van der Waals surface area contributed by atoms with Gasteiger partial charge >= 0.3 is 0 Å². The third kappa shape index (κ3) is 3.91. The van der Waals surface area contributed by atoms with E-state index in [-0.39, 0.29) is 0 Å². The first-order chi connectivity index (χ1) is 11.9. The molecule has 2 aromatic rings. The highest BCUT2D eigenvalue weighted by Crippen LogP contribution is 2.47. The van der Waals surface area contributed by atoms with Crippen molar-refractivity contribution in [2.45, 2.75) is 31.4 Å². The molecule has 1 aliphatic carbocycles. The summed E-state index contributed by atoms with van der Waals surface area (Å²) in [5.41, 5.74) is 2.25. The molecule has 5 nitrogen and oxygen atoms in total. The fraction of sp³-hybridized carbons (Fsp3) is 0.474. The Morgan fingerprint density at radius 2 is 2.17 bits per heavy atom. The second-order valence-electron chi connectivity index (χ2n) is 6.64. The van der Waals surface area contributed by atoms with Gasteiger partial charge in [0.2, 0.25) is 0 Å². The van der Waals surface area contributed by atoms with E-state index in [1.165, 1.54) is 12.0 Å². The van der Waals surface area contributed by atoms with E-state index in [9.17, 15) is 0 Å². The average Bonchev–Trinajstić information content (AvgIpc) is 3.34. The summed E-state index contributed by atoms with van der Waals surface area (Å²) in [5, 5.41) is 3.34. The second kappa shape index (κ2) is 7.28. The molecule has 0 unspecified atom stereocenters. The van der Waals surface area contributed by atoms with E-state index in [0.717, 1.165) is 37.6 Å². The van der Waals surface area contributed by atoms with Crippen LogP contribution in [-0.2, 0) is 11.3 Å². The highest BCUT2D eigenvalue weighted by molar-refractivity contribution is 5.30. The summed E-state index contributed by atoms with van der Waals surface area (Å²) >= 11 is 0. The molecular formula is C19H23N3O2. The molecule has 2 aromatic heterocycles. The van der Waals surface area contributed by atoms with Crippen LogP contribution in [0.15, 0.2) is 42.9 Å². The van der Waals surface area contributed by atoms with E-state index in [4.69, 9.17) is 9.47 Å². The highest BCUT2D eigenvalue weighted by atomic mass is 16.5. The van der Waals surface area contributed by atoms with Gasteiger partial charge in [-0.2, -0.15) is 0 Å². The van der Waals surface area contributed by atoms with E-state index in [0.29, 0.717) is 24.5 Å². The van der Waals surface area contributed by atoms with E-state index in [1.807, 2.05) is 24.4 Å². The smallest absolute Gasteiger partial charge is 0.137 e. The molecule has 126 valence electrons. The number of aromatic nitrogens is 2. The summed E-state index contributed by atoms with van der Waals surface area (Å²) in [4.78, 5) is 8.61. The Morgan fingerprint density at radius 3 is 2.96 bits per heavy atom. The fourth-order valence-electron chi connectivity index (χ4n) is 3.04. The van der Waals surface area contributed by atoms with Crippen molar-refractivity contribution in [2.24, 2.45) is 5.92 Å². The number of nitrogens with zero attached hydrogens (tertiary/aromatic N) is 2. The number of nitrogens with one attached hydrogen (secondary N) is 1. The van der Waals surface area contributed by atoms with Crippen LogP contribution in [0.2, 0.25) is 0 Å². The molecule has 1 saturated carbocycles. The van der Waals surface area contributed by atoms with Crippen LogP contribution in [0.1, 0.15) is 30.0 Å². The molecular weight excluding hydrogens is 302 g/mol. The summed E-state index contributed by atoms with van der Waals surface area (Å²) in [6.45, 7) is 3.19. The molecule has 3 atom stereocenters. The van der Waals surface area contributed by atoms with Crippen LogP contribution in [0.4, 0.5) is 0 Å². The lowest BCUT2D eigenvalue weighted by Crippen LogP contribution is -2.46. The van der Waals surface area contributed by atoms with Gasteiger partial charge in [0.15, 0.2) is 0 Å². The van der Waals surface area contributed by atoms with Crippen LogP contribution < -0.4 is 10.1 Å². The van der Waals surface area contributed by atoms with Gasteiger partial charge in [-0.05, 0) is 55.0 Å². The van der Waals surface area contributed by atoms with Crippen LogP contribution in [0.25, 0.3) is 0 Å². The third-order valence-corrected chi connectivity index (χ3v) is 4.77. The van der Waals surface area contributed by atoms with Crippen molar-refractivity contribution < 1.29 is 9.47 Å². The monoisotopic (exact) mass is 325 g/mol. The average molecular weight is 325 g/mol. The summed E-state index contributed by atoms with van der Waals surface area (Å²) in [6, 6.07) is 8.54. The van der Waals surface area contributed by atoms with E-state index < -0.39 is 0 Å². The summed E-state index contributed by atoms with van der Waals surface area (Å²) in [5.74, 6) is 2.01. The SMILES string of the molecule is c1ccc(COC[C@H]2C[C@@H]2c2cncc(OC[C@@H]3CCN3)c2)nc1. The molecule has 0 amide bonds. The van der Waals surface area contributed by atoms with Gasteiger partial charge in [-0.1, -0.05) is 6.07 Å². The lowest BCUT2D eigenvalue weighted by molar-refractivity contribution is 0.107. The van der Waals surface area contributed by atoms with Crippen molar-refractivity contribution in [3.8, 4) is 5.75 Å². The van der Waals surface area contributed by atoms with E-state index in [1.54, 1.807) is 12.4 Å². The number of hydrogen-bond donors (Lipinski definition) is 1. The molecule has 0 bridgehead atoms. The first kappa shape index (κ1) is 15.5. The normalized spacial score (nSPS) is 25.1. The fourth-order valence-corrected chi connectivity index (χ4v) is 3.04. The molecule has 0 radical (unpaired) electrons. The van der Waals surface area contributed by atoms with Gasteiger partial charge in [-0.15, -0.1) is 0 Å². The van der Waals surface area contributed by atoms with Gasteiger partial charge in [0.25, 0.3) is 0 Å². The lowest BCUT2D eigenvalue weighted by Gasteiger charge is -2.27. The predicted molar refractivity (Wildman–Crippen MR) is 90.9 cm³/mol. The Balaban J connectivity index is 1.23. The van der Waals surface area contributed by atoms with Gasteiger partial charge in [0, 0.05) is 18.4 Å². The van der Waals surface area contributed by atoms with Gasteiger partial charge in [-0.3, -0.25) is 9.97 Å². The van der Waals surface area contributed by atoms with Gasteiger partial charge in [-0.25, -0.2) is 0 Å². The topological polar surface area (TPSA) is 56.3 Å². The Hall–Kier alpha value is -1.98. The number of rotatable bonds is 8. The van der Waals surface area contributed by atoms with Crippen molar-refractivity contribution in [1.82, 2.24) is 15.3 Å². The molecule has 1 N–H and O–H groups in total. The minimum Gasteiger partial charge on any atom is -0.490 e. The summed E-state index contributed by atoms with van der Waals surface area (Å²) < 4.78 is 11.6. The van der Waals surface area contributed by atoms with Crippen molar-refractivity contribution in [1.29, 1.82) is 0 Å². The highest BCUT2D eigenvalue weighted by Gasteiger charge is 2.38. The van der Waals surface area contributed by atoms with Crippen LogP contribution >= 0.6 is 0 Å². The number of hydrogen-bond acceptors (Lipinski definition) is 5. The molecule has 2 aliphatic rings. The molecule has 5 heteroatoms. The first-order valence-corrected chi connectivity index (χ1v) is 8.67. The second-order valence-corrected chi connectivity index (χ2v) is 6.64. The molecule has 24 heavy (non-hydrogen) atoms. The van der Waals surface area contributed by atoms with Crippen LogP contribution in [-0.4, -0.2) is 35.8 Å². The zero-order chi connectivity index (χ0) is 16.2. The molecule has 3 heterocycles. The Kier molecular flexibility index (Phi) is 4.71. The minimum atomic E-state index is 0.502. The summed E-state index contributed by atoms with van der Waals surface area (Å²) in [6.07, 6.45) is 7.92. The Morgan fingerprint density at radius 1 is 1.21 bits per heavy atom. The molecule has 1 aliphatic heterocycles. The van der Waals surface area contributed by atoms with Crippen molar-refractivity contribution >= 4 is 0 Å². The quantitative estimate of drug-likeness (QED) is 0.808. The Labute approximate surface area is 142 Å². The molecule has 2 fully saturated rings. The first-order valence-electron chi connectivity index (χ1n) is 8.67. The summed E-state index contributed by atoms with van der Waals surface area (Å²) in [7, 11) is 0. The molecule has 0 aromatic carbocycles. The van der Waals surface area contributed by atoms with E-state index in [2.05, 4.69) is 21.4 Å². The zero-order valence-corrected chi connectivity index (χ0v) is 13.7. The van der Waals surface area contributed by atoms with Crippen LogP contribution in [0, 0.1) is 5.92 Å². The van der Waals surface area contributed by atoms with Crippen molar-refractivity contribution in [3.05, 3.63) is 54.1 Å². The molecule has 0 spiro atoms. The number of ether oxygens (including phenoxy) is 2. The van der Waals surface area contributed by atoms with Crippen LogP contribution in [0.3, 0.4) is 0 Å². The van der Waals surface area contributed by atoms with Crippen LogP contribution in [0.5, 0.6) is 5.75 Å². The third-order valence-electron chi connectivity index (χ3n) is 4.77. The minimum absolute atomic E-state index is 0.502. The number of pyridine rings is 2. The Bertz CT molecular complexity index is 661. The zero-order valence-electron chi connectivity index (χ0n) is 13.7. The lowest BCUT2D eigenvalue weighted by atomic mass is 10.1. The van der Waals surface area contributed by atoms with Gasteiger partial charge in [0.05, 0.1) is 25.1 Å². The van der Waals surface area contributed by atoms with Gasteiger partial charge < -0.3 is 14.8 Å². The van der Waals surface area contributed by atoms with Crippen molar-refractivity contribution in [2.75, 3.05) is 19.8 Å². The maximum absolute atomic E-state index is 5.84. The molecule has 4 rings (SSSR count). The predicted octanol–water partition coefficient (Wildman–Crippen LogP) is 2.54. The molecule has 1 saturated heterocycles. The van der Waals surface area contributed by atoms with Crippen molar-refractivity contribution in [3.63, 3.8) is 0 Å². The standard InChI is InChI=1S/C19H23N3O2/c1-2-5-21-16(3-1)12-23-11-15-8-19(15)14-7-18(10-20-9-14)24-13-17-4-6-22-17/h1-3,5,7,9-10,15,17,19,22H,4,6,8,11-13H2/t15-,17+,19-/m1/s1. The maximum Gasteiger partial charge on any atom is 0.137 e.